The molecule has 0 N–H and O–H groups in total. The van der Waals surface area contributed by atoms with Crippen molar-refractivity contribution in [3.8, 4) is 6.07 Å². The number of likely N-dealkylation sites (tertiary alicyclic amines) is 1. The molecule has 1 heterocycles. The zero-order valence-electron chi connectivity index (χ0n) is 26.6. The molecule has 3 aromatic rings. The maximum Gasteiger partial charge on any atom is 0.416 e. The van der Waals surface area contributed by atoms with E-state index >= 15 is 0 Å². The smallest absolute Gasteiger partial charge is 0.416 e. The number of Topliss-reactive ketones (excluding diaryl/α,β-unsaturated/α-hetero) is 1. The Morgan fingerprint density at radius 2 is 1.53 bits per heavy atom. The first-order chi connectivity index (χ1) is 23.1. The van der Waals surface area contributed by atoms with E-state index in [4.69, 9.17) is 21.1 Å². The van der Waals surface area contributed by atoms with Crippen LogP contribution >= 0.6 is 11.6 Å². The van der Waals surface area contributed by atoms with Crippen molar-refractivity contribution in [3.05, 3.63) is 107 Å². The van der Waals surface area contributed by atoms with Gasteiger partial charge in [-0.25, -0.2) is 4.79 Å². The first-order valence-corrected chi connectivity index (χ1v) is 16.1. The van der Waals surface area contributed by atoms with Gasteiger partial charge in [-0.05, 0) is 61.1 Å². The number of nitrogens with zero attached hydrogens (tertiary/aromatic N) is 2. The van der Waals surface area contributed by atoms with Gasteiger partial charge in [-0.15, -0.1) is 11.6 Å². The summed E-state index contributed by atoms with van der Waals surface area (Å²) in [6, 6.07) is 20.9. The van der Waals surface area contributed by atoms with Crippen LogP contribution < -0.4 is 0 Å². The molecule has 3 aromatic carbocycles. The summed E-state index contributed by atoms with van der Waals surface area (Å²) < 4.78 is 93.6. The molecule has 1 fully saturated rings. The number of nitriles is 1. The van der Waals surface area contributed by atoms with E-state index < -0.39 is 46.6 Å². The fraction of sp³-hybridized carbons (Fsp3) is 0.417. The summed E-state index contributed by atoms with van der Waals surface area (Å²) in [5.41, 5.74) is -4.79. The van der Waals surface area contributed by atoms with Crippen LogP contribution in [0.15, 0.2) is 78.9 Å². The van der Waals surface area contributed by atoms with Gasteiger partial charge in [-0.3, -0.25) is 9.69 Å². The molecule has 13 heteroatoms. The molecule has 1 aliphatic rings. The van der Waals surface area contributed by atoms with Crippen LogP contribution in [0.3, 0.4) is 0 Å². The van der Waals surface area contributed by atoms with Gasteiger partial charge in [-0.1, -0.05) is 60.7 Å². The maximum absolute atomic E-state index is 14.0. The SMILES string of the molecule is C[C@@H](OC[C@@]1(c2ccccc2)CC[C@@](C#N)(CC(=O)CCCCl)CN1C(=O)OCc1ccccc1)c1cc(C(F)(F)F)cc(C(F)(F)F)c1. The highest BCUT2D eigenvalue weighted by molar-refractivity contribution is 6.17. The van der Waals surface area contributed by atoms with Crippen LogP contribution in [-0.4, -0.2) is 35.8 Å². The second-order valence-corrected chi connectivity index (χ2v) is 12.6. The lowest BCUT2D eigenvalue weighted by Crippen LogP contribution is -2.60. The fourth-order valence-electron chi connectivity index (χ4n) is 6.01. The highest BCUT2D eigenvalue weighted by Crippen LogP contribution is 2.47. The van der Waals surface area contributed by atoms with Gasteiger partial charge in [0.05, 0.1) is 40.9 Å². The number of carbonyl (C=O) groups is 2. The van der Waals surface area contributed by atoms with Gasteiger partial charge in [-0.2, -0.15) is 31.6 Å². The van der Waals surface area contributed by atoms with E-state index in [1.807, 2.05) is 0 Å². The molecule has 1 saturated heterocycles. The zero-order valence-corrected chi connectivity index (χ0v) is 27.4. The highest BCUT2D eigenvalue weighted by atomic mass is 35.5. The molecule has 0 aromatic heterocycles. The number of rotatable bonds is 12. The highest BCUT2D eigenvalue weighted by Gasteiger charge is 2.53. The predicted molar refractivity (Wildman–Crippen MR) is 169 cm³/mol. The summed E-state index contributed by atoms with van der Waals surface area (Å²) >= 11 is 5.77. The van der Waals surface area contributed by atoms with Crippen LogP contribution in [0.4, 0.5) is 31.1 Å². The van der Waals surface area contributed by atoms with Crippen LogP contribution in [0.2, 0.25) is 0 Å². The van der Waals surface area contributed by atoms with E-state index in [1.165, 1.54) is 11.8 Å². The molecular weight excluding hydrogens is 674 g/mol. The molecule has 0 radical (unpaired) electrons. The summed E-state index contributed by atoms with van der Waals surface area (Å²) in [6.07, 6.45) is -11.6. The number of ether oxygens (including phenoxy) is 2. The lowest BCUT2D eigenvalue weighted by molar-refractivity contribution is -0.143. The Morgan fingerprint density at radius 1 is 0.939 bits per heavy atom. The number of ketones is 1. The Morgan fingerprint density at radius 3 is 2.08 bits per heavy atom. The van der Waals surface area contributed by atoms with E-state index in [1.54, 1.807) is 60.7 Å². The molecule has 1 amide bonds. The van der Waals surface area contributed by atoms with Gasteiger partial charge < -0.3 is 9.47 Å². The number of benzene rings is 3. The van der Waals surface area contributed by atoms with Gasteiger partial charge in [0.25, 0.3) is 0 Å². The number of amides is 1. The molecule has 0 spiro atoms. The topological polar surface area (TPSA) is 79.6 Å². The lowest BCUT2D eigenvalue weighted by atomic mass is 9.69. The second kappa shape index (κ2) is 15.6. The van der Waals surface area contributed by atoms with Crippen LogP contribution in [0.1, 0.15) is 72.9 Å². The van der Waals surface area contributed by atoms with Crippen molar-refractivity contribution in [1.29, 1.82) is 5.26 Å². The molecule has 1 aliphatic heterocycles. The van der Waals surface area contributed by atoms with E-state index in [-0.39, 0.29) is 68.7 Å². The van der Waals surface area contributed by atoms with Crippen LogP contribution in [0.25, 0.3) is 0 Å². The Labute approximate surface area is 285 Å². The summed E-state index contributed by atoms with van der Waals surface area (Å²) in [6.45, 7) is 0.567. The number of alkyl halides is 7. The molecule has 49 heavy (non-hydrogen) atoms. The van der Waals surface area contributed by atoms with Gasteiger partial charge in [0, 0.05) is 25.3 Å². The Kier molecular flexibility index (Phi) is 12.0. The zero-order chi connectivity index (χ0) is 35.9. The summed E-state index contributed by atoms with van der Waals surface area (Å²) in [5, 5.41) is 10.4. The minimum absolute atomic E-state index is 0.0448. The van der Waals surface area contributed by atoms with Crippen molar-refractivity contribution in [2.24, 2.45) is 5.41 Å². The molecular formula is C36H35ClF6N2O4. The summed E-state index contributed by atoms with van der Waals surface area (Å²) in [5.74, 6) is 0.0496. The van der Waals surface area contributed by atoms with Gasteiger partial charge >= 0.3 is 18.4 Å². The van der Waals surface area contributed by atoms with Crippen molar-refractivity contribution in [2.45, 2.75) is 69.6 Å². The van der Waals surface area contributed by atoms with Crippen LogP contribution in [-0.2, 0) is 38.8 Å². The Balaban J connectivity index is 1.74. The molecule has 0 bridgehead atoms. The minimum Gasteiger partial charge on any atom is -0.445 e. The van der Waals surface area contributed by atoms with E-state index in [9.17, 15) is 41.2 Å². The average Bonchev–Trinajstić information content (AvgIpc) is 3.09. The summed E-state index contributed by atoms with van der Waals surface area (Å²) in [4.78, 5) is 28.2. The number of piperidine rings is 1. The number of carbonyl (C=O) groups excluding carboxylic acids is 2. The molecule has 0 saturated carbocycles. The molecule has 262 valence electrons. The van der Waals surface area contributed by atoms with E-state index in [0.717, 1.165) is 0 Å². The minimum atomic E-state index is -5.05. The first-order valence-electron chi connectivity index (χ1n) is 15.6. The molecule has 0 unspecified atom stereocenters. The number of halogens is 7. The van der Waals surface area contributed by atoms with Crippen molar-refractivity contribution in [1.82, 2.24) is 4.90 Å². The van der Waals surface area contributed by atoms with Crippen molar-refractivity contribution < 1.29 is 45.4 Å². The normalized spacial score (nSPS) is 20.3. The predicted octanol–water partition coefficient (Wildman–Crippen LogP) is 9.62. The fourth-order valence-corrected chi connectivity index (χ4v) is 6.14. The molecule has 4 rings (SSSR count). The third kappa shape index (κ3) is 9.34. The van der Waals surface area contributed by atoms with Crippen LogP contribution in [0.5, 0.6) is 0 Å². The monoisotopic (exact) mass is 708 g/mol. The van der Waals surface area contributed by atoms with Crippen molar-refractivity contribution in [3.63, 3.8) is 0 Å². The molecule has 3 atom stereocenters. The molecule has 0 aliphatic carbocycles. The average molecular weight is 709 g/mol. The number of hydrogen-bond donors (Lipinski definition) is 0. The lowest BCUT2D eigenvalue weighted by Gasteiger charge is -2.51. The Bertz CT molecular complexity index is 1600. The molecule has 6 nitrogen and oxygen atoms in total. The third-order valence-corrected chi connectivity index (χ3v) is 9.01. The van der Waals surface area contributed by atoms with Gasteiger partial charge in [0.2, 0.25) is 0 Å². The summed E-state index contributed by atoms with van der Waals surface area (Å²) in [7, 11) is 0. The van der Waals surface area contributed by atoms with Gasteiger partial charge in [0.1, 0.15) is 12.4 Å². The van der Waals surface area contributed by atoms with E-state index in [0.29, 0.717) is 29.7 Å². The number of hydrogen-bond acceptors (Lipinski definition) is 5. The van der Waals surface area contributed by atoms with Crippen molar-refractivity contribution >= 4 is 23.5 Å². The third-order valence-electron chi connectivity index (χ3n) is 8.74. The first kappa shape index (κ1) is 37.7. The van der Waals surface area contributed by atoms with Gasteiger partial charge in [0.15, 0.2) is 0 Å². The largest absolute Gasteiger partial charge is 0.445 e. The second-order valence-electron chi connectivity index (χ2n) is 12.2. The van der Waals surface area contributed by atoms with Crippen molar-refractivity contribution in [2.75, 3.05) is 19.0 Å². The van der Waals surface area contributed by atoms with E-state index in [2.05, 4.69) is 6.07 Å². The van der Waals surface area contributed by atoms with Crippen LogP contribution in [0, 0.1) is 16.7 Å². The quantitative estimate of drug-likeness (QED) is 0.138. The standard InChI is InChI=1S/C36H35ClF6N2O4/c1-25(27-17-29(35(38,39)40)19-30(18-27)36(41,42)43)49-24-34(28-11-6-3-7-12-28)15-14-33(22-44,20-31(46)13-8-16-37)23-45(34)32(47)48-21-26-9-4-2-5-10-26/h2-7,9-12,17-19,25H,8,13-16,20-21,23-24H2,1H3/t25-,33+,34-/m1/s1. The Hall–Kier alpha value is -4.08. The maximum atomic E-state index is 14.0.